The number of benzene rings is 3. The second-order valence-corrected chi connectivity index (χ2v) is 7.95. The molecule has 33 heavy (non-hydrogen) atoms. The first-order valence-electron chi connectivity index (χ1n) is 11.0. The van der Waals surface area contributed by atoms with Crippen LogP contribution in [0.15, 0.2) is 89.5 Å². The van der Waals surface area contributed by atoms with Crippen LogP contribution in [0.3, 0.4) is 0 Å². The minimum absolute atomic E-state index is 0.0275. The van der Waals surface area contributed by atoms with Crippen LogP contribution >= 0.6 is 0 Å². The molecule has 0 aliphatic rings. The maximum atomic E-state index is 12.4. The fraction of sp³-hybridized carbons (Fsp3) is 0.148. The predicted octanol–water partition coefficient (Wildman–Crippen LogP) is 5.86. The topological polar surface area (TPSA) is 73.0 Å². The summed E-state index contributed by atoms with van der Waals surface area (Å²) in [5, 5.41) is 2.96. The highest BCUT2D eigenvalue weighted by Crippen LogP contribution is 2.25. The van der Waals surface area contributed by atoms with Crippen molar-refractivity contribution in [1.29, 1.82) is 0 Å². The molecule has 6 heteroatoms. The molecule has 0 aliphatic heterocycles. The Balaban J connectivity index is 1.15. The van der Waals surface area contributed by atoms with Crippen molar-refractivity contribution in [2.24, 2.45) is 7.05 Å². The largest absolute Gasteiger partial charge is 0.441 e. The molecule has 0 radical (unpaired) electrons. The van der Waals surface area contributed by atoms with Crippen molar-refractivity contribution < 1.29 is 9.21 Å². The van der Waals surface area contributed by atoms with E-state index in [0.717, 1.165) is 39.4 Å². The van der Waals surface area contributed by atoms with Crippen LogP contribution in [0, 0.1) is 0 Å². The van der Waals surface area contributed by atoms with Gasteiger partial charge in [0.2, 0.25) is 5.91 Å². The summed E-state index contributed by atoms with van der Waals surface area (Å²) in [5.74, 6) is 2.26. The Kier molecular flexibility index (Phi) is 5.72. The summed E-state index contributed by atoms with van der Waals surface area (Å²) >= 11 is 0. The summed E-state index contributed by atoms with van der Waals surface area (Å²) in [4.78, 5) is 21.4. The zero-order chi connectivity index (χ0) is 22.6. The first-order valence-corrected chi connectivity index (χ1v) is 11.0. The lowest BCUT2D eigenvalue weighted by Gasteiger charge is -2.07. The monoisotopic (exact) mass is 436 g/mol. The minimum atomic E-state index is -0.0275. The van der Waals surface area contributed by atoms with Gasteiger partial charge < -0.3 is 14.3 Å². The number of anilines is 1. The van der Waals surface area contributed by atoms with Crippen LogP contribution in [0.1, 0.15) is 18.7 Å². The first kappa shape index (κ1) is 20.7. The van der Waals surface area contributed by atoms with Crippen molar-refractivity contribution in [2.45, 2.75) is 19.3 Å². The van der Waals surface area contributed by atoms with Crippen LogP contribution in [0.25, 0.3) is 33.7 Å². The van der Waals surface area contributed by atoms with Gasteiger partial charge in [0, 0.05) is 36.7 Å². The normalized spacial score (nSPS) is 11.1. The van der Waals surface area contributed by atoms with Gasteiger partial charge >= 0.3 is 0 Å². The fourth-order valence-corrected chi connectivity index (χ4v) is 3.89. The Morgan fingerprint density at radius 1 is 0.939 bits per heavy atom. The quantitative estimate of drug-likeness (QED) is 0.347. The van der Waals surface area contributed by atoms with E-state index < -0.39 is 0 Å². The second kappa shape index (κ2) is 9.12. The van der Waals surface area contributed by atoms with Crippen molar-refractivity contribution in [3.63, 3.8) is 0 Å². The molecular weight excluding hydrogens is 412 g/mol. The lowest BCUT2D eigenvalue weighted by atomic mass is 10.2. The van der Waals surface area contributed by atoms with E-state index in [1.807, 2.05) is 79.8 Å². The van der Waals surface area contributed by atoms with Crippen molar-refractivity contribution in [2.75, 3.05) is 5.32 Å². The number of amides is 1. The fourth-order valence-electron chi connectivity index (χ4n) is 3.89. The van der Waals surface area contributed by atoms with E-state index in [-0.39, 0.29) is 5.91 Å². The molecule has 0 aliphatic carbocycles. The number of imidazole rings is 1. The molecule has 2 aromatic heterocycles. The average molecular weight is 437 g/mol. The third-order valence-electron chi connectivity index (χ3n) is 5.62. The van der Waals surface area contributed by atoms with Crippen LogP contribution < -0.4 is 5.32 Å². The molecule has 0 spiro atoms. The molecule has 0 saturated heterocycles. The Morgan fingerprint density at radius 2 is 1.70 bits per heavy atom. The van der Waals surface area contributed by atoms with Gasteiger partial charge in [0.25, 0.3) is 0 Å². The summed E-state index contributed by atoms with van der Waals surface area (Å²) < 4.78 is 7.88. The number of rotatable bonds is 7. The highest BCUT2D eigenvalue weighted by Gasteiger charge is 2.11. The zero-order valence-corrected chi connectivity index (χ0v) is 18.4. The van der Waals surface area contributed by atoms with E-state index in [9.17, 15) is 4.79 Å². The van der Waals surface area contributed by atoms with Gasteiger partial charge in [-0.2, -0.15) is 0 Å². The number of hydrogen-bond donors (Lipinski definition) is 1. The number of fused-ring (bicyclic) bond motifs is 1. The lowest BCUT2D eigenvalue weighted by molar-refractivity contribution is -0.116. The third kappa shape index (κ3) is 4.55. The van der Waals surface area contributed by atoms with E-state index in [0.29, 0.717) is 25.2 Å². The second-order valence-electron chi connectivity index (χ2n) is 7.95. The Bertz CT molecular complexity index is 1380. The zero-order valence-electron chi connectivity index (χ0n) is 18.4. The van der Waals surface area contributed by atoms with Gasteiger partial charge in [-0.15, -0.1) is 0 Å². The van der Waals surface area contributed by atoms with Crippen molar-refractivity contribution >= 4 is 22.6 Å². The van der Waals surface area contributed by atoms with Gasteiger partial charge in [-0.1, -0.05) is 42.5 Å². The number of nitrogens with one attached hydrogen (secondary N) is 1. The maximum absolute atomic E-state index is 12.4. The Hall–Kier alpha value is -4.19. The molecule has 0 bridgehead atoms. The van der Waals surface area contributed by atoms with Crippen LogP contribution in [-0.2, 0) is 18.3 Å². The van der Waals surface area contributed by atoms with Gasteiger partial charge in [-0.25, -0.2) is 9.97 Å². The smallest absolute Gasteiger partial charge is 0.224 e. The van der Waals surface area contributed by atoms with E-state index in [1.54, 1.807) is 6.20 Å². The maximum Gasteiger partial charge on any atom is 0.224 e. The van der Waals surface area contributed by atoms with E-state index in [4.69, 9.17) is 9.40 Å². The van der Waals surface area contributed by atoms with Gasteiger partial charge in [0.1, 0.15) is 5.82 Å². The number of carbonyl (C=O) groups is 1. The number of aryl methyl sites for hydroxylation is 2. The van der Waals surface area contributed by atoms with Crippen molar-refractivity contribution in [3.05, 3.63) is 91.0 Å². The summed E-state index contributed by atoms with van der Waals surface area (Å²) in [6, 6.07) is 25.7. The summed E-state index contributed by atoms with van der Waals surface area (Å²) in [5.41, 5.74) is 4.83. The molecule has 0 fully saturated rings. The number of carbonyl (C=O) groups excluding carboxylic acids is 1. The van der Waals surface area contributed by atoms with Crippen LogP contribution in [0.2, 0.25) is 0 Å². The molecule has 1 N–H and O–H groups in total. The molecule has 2 heterocycles. The molecule has 164 valence electrons. The minimum Gasteiger partial charge on any atom is -0.441 e. The van der Waals surface area contributed by atoms with Gasteiger partial charge in [0.05, 0.1) is 17.2 Å². The van der Waals surface area contributed by atoms with Crippen LogP contribution in [0.5, 0.6) is 0 Å². The molecule has 0 unspecified atom stereocenters. The molecule has 1 amide bonds. The van der Waals surface area contributed by atoms with Gasteiger partial charge in [-0.3, -0.25) is 4.79 Å². The number of hydrogen-bond acceptors (Lipinski definition) is 4. The van der Waals surface area contributed by atoms with Crippen molar-refractivity contribution in [1.82, 2.24) is 14.5 Å². The predicted molar refractivity (Wildman–Crippen MR) is 130 cm³/mol. The molecule has 6 nitrogen and oxygen atoms in total. The van der Waals surface area contributed by atoms with E-state index in [2.05, 4.69) is 20.9 Å². The van der Waals surface area contributed by atoms with Gasteiger partial charge in [0.15, 0.2) is 11.7 Å². The summed E-state index contributed by atoms with van der Waals surface area (Å²) in [6.45, 7) is 0. The van der Waals surface area contributed by atoms with E-state index in [1.165, 1.54) is 0 Å². The van der Waals surface area contributed by atoms with E-state index >= 15 is 0 Å². The Morgan fingerprint density at radius 3 is 2.48 bits per heavy atom. The molecular formula is C27H24N4O2. The van der Waals surface area contributed by atoms with Gasteiger partial charge in [-0.05, 0) is 42.8 Å². The van der Waals surface area contributed by atoms with Crippen LogP contribution in [-0.4, -0.2) is 20.4 Å². The number of nitrogens with zero attached hydrogens (tertiary/aromatic N) is 3. The summed E-state index contributed by atoms with van der Waals surface area (Å²) in [6.07, 6.45) is 3.41. The average Bonchev–Trinajstić information content (AvgIpc) is 3.45. The molecule has 0 saturated carbocycles. The van der Waals surface area contributed by atoms with Crippen LogP contribution in [0.4, 0.5) is 5.69 Å². The molecule has 5 aromatic rings. The van der Waals surface area contributed by atoms with Crippen molar-refractivity contribution in [3.8, 4) is 22.7 Å². The number of aromatic nitrogens is 3. The first-order chi connectivity index (χ1) is 16.2. The molecule has 3 aromatic carbocycles. The number of oxazole rings is 1. The highest BCUT2D eigenvalue weighted by atomic mass is 16.4. The lowest BCUT2D eigenvalue weighted by Crippen LogP contribution is -2.11. The standard InChI is InChI=1S/C27H24N4O2/c1-31-23-11-6-5-10-22(23)30-27(31)20-14-16-21(17-15-20)29-25(32)12-7-13-26-28-18-24(33-26)19-8-3-2-4-9-19/h2-6,8-11,14-18H,7,12-13H2,1H3,(H,29,32). The number of para-hydroxylation sites is 2. The summed E-state index contributed by atoms with van der Waals surface area (Å²) in [7, 11) is 2.01. The molecule has 5 rings (SSSR count). The Labute approximate surface area is 191 Å². The highest BCUT2D eigenvalue weighted by molar-refractivity contribution is 5.91. The molecule has 0 atom stereocenters. The SMILES string of the molecule is Cn1c(-c2ccc(NC(=O)CCCc3ncc(-c4ccccc4)o3)cc2)nc2ccccc21. The third-order valence-corrected chi connectivity index (χ3v) is 5.62.